The Labute approximate surface area is 118 Å². The second kappa shape index (κ2) is 5.40. The largest absolute Gasteiger partial charge is 0.477 e. The number of pyridine rings is 1. The molecule has 2 aromatic rings. The number of carboxylic acid groups (broad SMARTS) is 1. The molecule has 1 N–H and O–H groups in total. The summed E-state index contributed by atoms with van der Waals surface area (Å²) in [6.45, 7) is 3.97. The molecule has 100 valence electrons. The lowest BCUT2D eigenvalue weighted by Crippen LogP contribution is -2.02. The van der Waals surface area contributed by atoms with Crippen LogP contribution < -0.4 is 4.74 Å². The number of hydrogen-bond acceptors (Lipinski definition) is 4. The Bertz CT molecular complexity index is 610. The van der Waals surface area contributed by atoms with Crippen molar-refractivity contribution in [3.05, 3.63) is 34.7 Å². The first-order chi connectivity index (χ1) is 8.97. The van der Waals surface area contributed by atoms with Gasteiger partial charge < -0.3 is 9.84 Å². The van der Waals surface area contributed by atoms with Crippen molar-refractivity contribution in [1.29, 1.82) is 0 Å². The first-order valence-corrected chi connectivity index (χ1v) is 6.37. The van der Waals surface area contributed by atoms with E-state index >= 15 is 0 Å². The van der Waals surface area contributed by atoms with E-state index in [0.29, 0.717) is 10.2 Å². The van der Waals surface area contributed by atoms with E-state index in [1.165, 1.54) is 18.5 Å². The fourth-order valence-electron chi connectivity index (χ4n) is 1.43. The Morgan fingerprint density at radius 1 is 1.47 bits per heavy atom. The number of carboxylic acids is 1. The fraction of sp³-hybridized carbons (Fsp3) is 0.250. The zero-order chi connectivity index (χ0) is 14.0. The van der Waals surface area contributed by atoms with Gasteiger partial charge in [0.1, 0.15) is 5.56 Å². The second-order valence-corrected chi connectivity index (χ2v) is 5.08. The molecule has 0 bridgehead atoms. The van der Waals surface area contributed by atoms with E-state index in [2.05, 4.69) is 26.0 Å². The predicted molar refractivity (Wildman–Crippen MR) is 71.6 cm³/mol. The molecule has 7 heteroatoms. The van der Waals surface area contributed by atoms with Gasteiger partial charge >= 0.3 is 5.97 Å². The minimum Gasteiger partial charge on any atom is -0.477 e. The molecule has 0 aliphatic heterocycles. The highest BCUT2D eigenvalue weighted by Gasteiger charge is 2.15. The molecule has 0 saturated heterocycles. The van der Waals surface area contributed by atoms with Gasteiger partial charge in [-0.05, 0) is 35.8 Å². The Morgan fingerprint density at radius 3 is 2.79 bits per heavy atom. The molecule has 0 saturated carbocycles. The summed E-state index contributed by atoms with van der Waals surface area (Å²) >= 11 is 3.18. The van der Waals surface area contributed by atoms with Crippen LogP contribution in [0.25, 0.3) is 0 Å². The third kappa shape index (κ3) is 3.11. The predicted octanol–water partition coefficient (Wildman–Crippen LogP) is 3.11. The number of carbonyl (C=O) groups is 1. The van der Waals surface area contributed by atoms with Gasteiger partial charge in [0.2, 0.25) is 5.88 Å². The monoisotopic (exact) mass is 325 g/mol. The van der Waals surface area contributed by atoms with Gasteiger partial charge in [-0.2, -0.15) is 5.10 Å². The number of halogens is 1. The Kier molecular flexibility index (Phi) is 3.84. The van der Waals surface area contributed by atoms with Crippen LogP contribution in [-0.2, 0) is 0 Å². The van der Waals surface area contributed by atoms with Crippen LogP contribution in [-0.4, -0.2) is 25.8 Å². The molecule has 0 unspecified atom stereocenters. The van der Waals surface area contributed by atoms with Crippen LogP contribution in [0.2, 0.25) is 0 Å². The van der Waals surface area contributed by atoms with Crippen LogP contribution in [0.5, 0.6) is 11.6 Å². The van der Waals surface area contributed by atoms with Crippen LogP contribution in [0, 0.1) is 0 Å². The topological polar surface area (TPSA) is 77.2 Å². The highest BCUT2D eigenvalue weighted by molar-refractivity contribution is 9.10. The third-order valence-electron chi connectivity index (χ3n) is 2.37. The molecule has 0 aromatic carbocycles. The lowest BCUT2D eigenvalue weighted by molar-refractivity contribution is 0.0693. The number of rotatable bonds is 4. The molecule has 2 rings (SSSR count). The van der Waals surface area contributed by atoms with Crippen molar-refractivity contribution in [2.45, 2.75) is 19.9 Å². The quantitative estimate of drug-likeness (QED) is 0.934. The maximum Gasteiger partial charge on any atom is 0.341 e. The summed E-state index contributed by atoms with van der Waals surface area (Å²) in [5, 5.41) is 13.2. The molecule has 19 heavy (non-hydrogen) atoms. The van der Waals surface area contributed by atoms with Gasteiger partial charge in [0.05, 0.1) is 12.4 Å². The van der Waals surface area contributed by atoms with Crippen LogP contribution >= 0.6 is 15.9 Å². The van der Waals surface area contributed by atoms with Crippen molar-refractivity contribution >= 4 is 21.9 Å². The number of ether oxygens (including phenoxy) is 1. The molecule has 0 aliphatic rings. The average Bonchev–Trinajstić information content (AvgIpc) is 2.80. The number of nitrogens with zero attached hydrogens (tertiary/aromatic N) is 3. The molecule has 2 aromatic heterocycles. The van der Waals surface area contributed by atoms with E-state index in [4.69, 9.17) is 9.84 Å². The zero-order valence-corrected chi connectivity index (χ0v) is 12.0. The summed E-state index contributed by atoms with van der Waals surface area (Å²) in [6.07, 6.45) is 4.70. The van der Waals surface area contributed by atoms with Crippen molar-refractivity contribution in [2.24, 2.45) is 0 Å². The summed E-state index contributed by atoms with van der Waals surface area (Å²) in [5.41, 5.74) is -0.00771. The first-order valence-electron chi connectivity index (χ1n) is 5.58. The van der Waals surface area contributed by atoms with Gasteiger partial charge in [-0.15, -0.1) is 0 Å². The Hall–Kier alpha value is -1.89. The summed E-state index contributed by atoms with van der Waals surface area (Å²) in [5.74, 6) is -0.606. The lowest BCUT2D eigenvalue weighted by atomic mass is 10.3. The standard InChI is InChI=1S/C12H12BrN3O3/c1-7(2)16-6-9(5-15-16)19-11-10(12(17)18)3-8(13)4-14-11/h3-7H,1-2H3,(H,17,18). The molecular weight excluding hydrogens is 314 g/mol. The van der Waals surface area contributed by atoms with E-state index in [9.17, 15) is 4.79 Å². The minimum absolute atomic E-state index is 0.00771. The average molecular weight is 326 g/mol. The third-order valence-corrected chi connectivity index (χ3v) is 2.80. The maximum absolute atomic E-state index is 11.1. The van der Waals surface area contributed by atoms with Gasteiger partial charge in [0.25, 0.3) is 0 Å². The van der Waals surface area contributed by atoms with Gasteiger partial charge in [0.15, 0.2) is 5.75 Å². The number of aromatic nitrogens is 3. The van der Waals surface area contributed by atoms with Crippen molar-refractivity contribution in [1.82, 2.24) is 14.8 Å². The second-order valence-electron chi connectivity index (χ2n) is 4.16. The summed E-state index contributed by atoms with van der Waals surface area (Å²) in [4.78, 5) is 15.1. The number of hydrogen-bond donors (Lipinski definition) is 1. The lowest BCUT2D eigenvalue weighted by Gasteiger charge is -2.06. The first kappa shape index (κ1) is 13.5. The van der Waals surface area contributed by atoms with Crippen LogP contribution in [0.15, 0.2) is 29.1 Å². The highest BCUT2D eigenvalue weighted by Crippen LogP contribution is 2.25. The summed E-state index contributed by atoms with van der Waals surface area (Å²) in [7, 11) is 0. The maximum atomic E-state index is 11.1. The SMILES string of the molecule is CC(C)n1cc(Oc2ncc(Br)cc2C(=O)O)cn1. The van der Waals surface area contributed by atoms with Gasteiger partial charge in [-0.1, -0.05) is 0 Å². The molecule has 0 atom stereocenters. The van der Waals surface area contributed by atoms with E-state index in [1.807, 2.05) is 13.8 Å². The van der Waals surface area contributed by atoms with Crippen molar-refractivity contribution in [3.63, 3.8) is 0 Å². The highest BCUT2D eigenvalue weighted by atomic mass is 79.9. The van der Waals surface area contributed by atoms with Gasteiger partial charge in [-0.3, -0.25) is 4.68 Å². The molecule has 0 amide bonds. The van der Waals surface area contributed by atoms with E-state index in [1.54, 1.807) is 10.9 Å². The van der Waals surface area contributed by atoms with Gasteiger partial charge in [0, 0.05) is 16.7 Å². The molecule has 0 aliphatic carbocycles. The smallest absolute Gasteiger partial charge is 0.341 e. The Morgan fingerprint density at radius 2 is 2.21 bits per heavy atom. The normalized spacial score (nSPS) is 10.7. The molecule has 0 fully saturated rings. The summed E-state index contributed by atoms with van der Waals surface area (Å²) < 4.78 is 7.76. The number of aromatic carboxylic acids is 1. The molecular formula is C12H12BrN3O3. The van der Waals surface area contributed by atoms with Crippen LogP contribution in [0.3, 0.4) is 0 Å². The molecule has 0 spiro atoms. The molecule has 0 radical (unpaired) electrons. The van der Waals surface area contributed by atoms with E-state index < -0.39 is 5.97 Å². The van der Waals surface area contributed by atoms with Crippen molar-refractivity contribution in [2.75, 3.05) is 0 Å². The minimum atomic E-state index is -1.10. The fourth-order valence-corrected chi connectivity index (χ4v) is 1.76. The summed E-state index contributed by atoms with van der Waals surface area (Å²) in [6, 6.07) is 1.64. The van der Waals surface area contributed by atoms with Crippen molar-refractivity contribution in [3.8, 4) is 11.6 Å². The van der Waals surface area contributed by atoms with Crippen LogP contribution in [0.4, 0.5) is 0 Å². The van der Waals surface area contributed by atoms with Crippen molar-refractivity contribution < 1.29 is 14.6 Å². The van der Waals surface area contributed by atoms with Crippen LogP contribution in [0.1, 0.15) is 30.2 Å². The van der Waals surface area contributed by atoms with E-state index in [0.717, 1.165) is 0 Å². The van der Waals surface area contributed by atoms with E-state index in [-0.39, 0.29) is 17.5 Å². The zero-order valence-electron chi connectivity index (χ0n) is 10.4. The molecule has 2 heterocycles. The Balaban J connectivity index is 2.29. The van der Waals surface area contributed by atoms with Gasteiger partial charge in [-0.25, -0.2) is 9.78 Å². The molecule has 6 nitrogen and oxygen atoms in total.